The summed E-state index contributed by atoms with van der Waals surface area (Å²) in [6.07, 6.45) is 3.43. The molecule has 3 rings (SSSR count). The number of aryl methyl sites for hydroxylation is 1. The third-order valence-corrected chi connectivity index (χ3v) is 3.82. The summed E-state index contributed by atoms with van der Waals surface area (Å²) in [5.41, 5.74) is 2.77. The van der Waals surface area contributed by atoms with Crippen molar-refractivity contribution >= 4 is 0 Å². The first-order valence-electron chi connectivity index (χ1n) is 7.37. The molecule has 4 nitrogen and oxygen atoms in total. The summed E-state index contributed by atoms with van der Waals surface area (Å²) < 4.78 is 5.49. The number of benzene rings is 1. The molecule has 1 unspecified atom stereocenters. The Morgan fingerprint density at radius 3 is 3.05 bits per heavy atom. The molecule has 106 valence electrons. The van der Waals surface area contributed by atoms with Gasteiger partial charge in [0.25, 0.3) is 0 Å². The molecule has 0 amide bonds. The van der Waals surface area contributed by atoms with Gasteiger partial charge < -0.3 is 9.84 Å². The molecule has 1 aliphatic rings. The van der Waals surface area contributed by atoms with Crippen LogP contribution in [0.5, 0.6) is 0 Å². The summed E-state index contributed by atoms with van der Waals surface area (Å²) in [5.74, 6) is 1.77. The van der Waals surface area contributed by atoms with Crippen LogP contribution in [0.3, 0.4) is 0 Å². The summed E-state index contributed by atoms with van der Waals surface area (Å²) >= 11 is 0. The lowest BCUT2D eigenvalue weighted by molar-refractivity contribution is 0.349. The highest BCUT2D eigenvalue weighted by Gasteiger charge is 2.26. The molecule has 0 radical (unpaired) electrons. The minimum Gasteiger partial charge on any atom is -0.339 e. The highest BCUT2D eigenvalue weighted by atomic mass is 16.5. The number of fused-ring (bicyclic) bond motifs is 1. The van der Waals surface area contributed by atoms with Crippen LogP contribution in [0.2, 0.25) is 0 Å². The predicted octanol–water partition coefficient (Wildman–Crippen LogP) is 3.04. The summed E-state index contributed by atoms with van der Waals surface area (Å²) in [6, 6.07) is 9.02. The van der Waals surface area contributed by atoms with Gasteiger partial charge in [-0.1, -0.05) is 43.3 Å². The highest BCUT2D eigenvalue weighted by molar-refractivity contribution is 5.35. The molecule has 20 heavy (non-hydrogen) atoms. The van der Waals surface area contributed by atoms with Gasteiger partial charge >= 0.3 is 0 Å². The monoisotopic (exact) mass is 271 g/mol. The molecule has 0 fully saturated rings. The van der Waals surface area contributed by atoms with Crippen molar-refractivity contribution < 1.29 is 4.52 Å². The van der Waals surface area contributed by atoms with Gasteiger partial charge in [-0.05, 0) is 30.4 Å². The molecular formula is C16H21N3O. The fourth-order valence-electron chi connectivity index (χ4n) is 2.79. The molecule has 1 aliphatic carbocycles. The second kappa shape index (κ2) is 5.75. The second-order valence-corrected chi connectivity index (χ2v) is 5.73. The van der Waals surface area contributed by atoms with E-state index in [2.05, 4.69) is 53.6 Å². The Labute approximate surface area is 119 Å². The van der Waals surface area contributed by atoms with E-state index in [1.807, 2.05) is 0 Å². The van der Waals surface area contributed by atoms with E-state index in [-0.39, 0.29) is 5.92 Å². The topological polar surface area (TPSA) is 51.0 Å². The first-order valence-corrected chi connectivity index (χ1v) is 7.37. The first-order chi connectivity index (χ1) is 9.74. The van der Waals surface area contributed by atoms with E-state index in [4.69, 9.17) is 4.52 Å². The van der Waals surface area contributed by atoms with Gasteiger partial charge in [-0.3, -0.25) is 0 Å². The van der Waals surface area contributed by atoms with Crippen LogP contribution in [0.4, 0.5) is 0 Å². The molecular weight excluding hydrogens is 250 g/mol. The molecule has 0 spiro atoms. The van der Waals surface area contributed by atoms with E-state index in [9.17, 15) is 0 Å². The molecule has 1 aromatic heterocycles. The normalized spacial score (nSPS) is 18.2. The standard InChI is InChI=1S/C16H21N3O/c1-11(2)17-10-15-18-16(20-19-15)14-9-5-7-12-6-3-4-8-13(12)14/h3-4,6,8,11,14,17H,5,7,9-10H2,1-2H3. The number of nitrogens with zero attached hydrogens (tertiary/aromatic N) is 2. The number of aromatic nitrogens is 2. The van der Waals surface area contributed by atoms with Crippen LogP contribution < -0.4 is 5.32 Å². The number of nitrogens with one attached hydrogen (secondary N) is 1. The molecule has 1 atom stereocenters. The highest BCUT2D eigenvalue weighted by Crippen LogP contribution is 2.35. The fraction of sp³-hybridized carbons (Fsp3) is 0.500. The molecule has 1 heterocycles. The maximum Gasteiger partial charge on any atom is 0.234 e. The Hall–Kier alpha value is -1.68. The molecule has 0 saturated carbocycles. The van der Waals surface area contributed by atoms with Crippen molar-refractivity contribution in [3.05, 3.63) is 47.1 Å². The fourth-order valence-corrected chi connectivity index (χ4v) is 2.79. The van der Waals surface area contributed by atoms with E-state index in [1.54, 1.807) is 0 Å². The Bertz CT molecular complexity index is 577. The maximum atomic E-state index is 5.49. The second-order valence-electron chi connectivity index (χ2n) is 5.73. The van der Waals surface area contributed by atoms with Crippen LogP contribution in [0.1, 0.15) is 55.4 Å². The Morgan fingerprint density at radius 2 is 2.20 bits per heavy atom. The van der Waals surface area contributed by atoms with Crippen molar-refractivity contribution in [2.75, 3.05) is 0 Å². The van der Waals surface area contributed by atoms with Crippen LogP contribution >= 0.6 is 0 Å². The Balaban J connectivity index is 1.80. The third-order valence-electron chi connectivity index (χ3n) is 3.82. The molecule has 0 saturated heterocycles. The van der Waals surface area contributed by atoms with Gasteiger partial charge in [-0.25, -0.2) is 0 Å². The zero-order valence-corrected chi connectivity index (χ0v) is 12.1. The van der Waals surface area contributed by atoms with Crippen LogP contribution in [-0.2, 0) is 13.0 Å². The van der Waals surface area contributed by atoms with E-state index >= 15 is 0 Å². The van der Waals surface area contributed by atoms with Crippen molar-refractivity contribution in [1.29, 1.82) is 0 Å². The average Bonchev–Trinajstić information content (AvgIpc) is 2.93. The van der Waals surface area contributed by atoms with Crippen LogP contribution in [0.15, 0.2) is 28.8 Å². The largest absolute Gasteiger partial charge is 0.339 e. The summed E-state index contributed by atoms with van der Waals surface area (Å²) in [7, 11) is 0. The maximum absolute atomic E-state index is 5.49. The van der Waals surface area contributed by atoms with E-state index in [1.165, 1.54) is 17.5 Å². The molecule has 2 aromatic rings. The summed E-state index contributed by atoms with van der Waals surface area (Å²) in [6.45, 7) is 4.88. The van der Waals surface area contributed by atoms with E-state index in [0.717, 1.165) is 24.6 Å². The van der Waals surface area contributed by atoms with Gasteiger partial charge in [0.1, 0.15) is 0 Å². The average molecular weight is 271 g/mol. The zero-order chi connectivity index (χ0) is 13.9. The van der Waals surface area contributed by atoms with Gasteiger partial charge in [0, 0.05) is 6.04 Å². The van der Waals surface area contributed by atoms with Gasteiger partial charge in [0.15, 0.2) is 5.82 Å². The molecule has 0 bridgehead atoms. The zero-order valence-electron chi connectivity index (χ0n) is 12.1. The van der Waals surface area contributed by atoms with Crippen LogP contribution in [-0.4, -0.2) is 16.2 Å². The van der Waals surface area contributed by atoms with Crippen LogP contribution in [0, 0.1) is 0 Å². The summed E-state index contributed by atoms with van der Waals surface area (Å²) in [5, 5.41) is 7.40. The number of hydrogen-bond donors (Lipinski definition) is 1. The smallest absolute Gasteiger partial charge is 0.234 e. The van der Waals surface area contributed by atoms with E-state index in [0.29, 0.717) is 12.6 Å². The van der Waals surface area contributed by atoms with Crippen molar-refractivity contribution in [2.45, 2.75) is 51.6 Å². The lowest BCUT2D eigenvalue weighted by Crippen LogP contribution is -2.22. The van der Waals surface area contributed by atoms with Gasteiger partial charge in [0.2, 0.25) is 5.89 Å². The number of hydrogen-bond acceptors (Lipinski definition) is 4. The summed E-state index contributed by atoms with van der Waals surface area (Å²) in [4.78, 5) is 4.56. The van der Waals surface area contributed by atoms with Gasteiger partial charge in [-0.2, -0.15) is 4.98 Å². The van der Waals surface area contributed by atoms with Gasteiger partial charge in [-0.15, -0.1) is 0 Å². The predicted molar refractivity (Wildman–Crippen MR) is 77.5 cm³/mol. The van der Waals surface area contributed by atoms with E-state index < -0.39 is 0 Å². The molecule has 1 aromatic carbocycles. The van der Waals surface area contributed by atoms with Crippen molar-refractivity contribution in [2.24, 2.45) is 0 Å². The Kier molecular flexibility index (Phi) is 3.83. The van der Waals surface area contributed by atoms with Crippen molar-refractivity contribution in [3.8, 4) is 0 Å². The minimum atomic E-state index is 0.264. The first kappa shape index (κ1) is 13.3. The van der Waals surface area contributed by atoms with Crippen molar-refractivity contribution in [1.82, 2.24) is 15.5 Å². The van der Waals surface area contributed by atoms with Crippen molar-refractivity contribution in [3.63, 3.8) is 0 Å². The molecule has 1 N–H and O–H groups in total. The quantitative estimate of drug-likeness (QED) is 0.928. The third kappa shape index (κ3) is 2.75. The lowest BCUT2D eigenvalue weighted by atomic mass is 9.83. The van der Waals surface area contributed by atoms with Gasteiger partial charge in [0.05, 0.1) is 12.5 Å². The minimum absolute atomic E-state index is 0.264. The lowest BCUT2D eigenvalue weighted by Gasteiger charge is -2.22. The number of rotatable bonds is 4. The SMILES string of the molecule is CC(C)NCc1noc(C2CCCc3ccccc32)n1. The van der Waals surface area contributed by atoms with Crippen LogP contribution in [0.25, 0.3) is 0 Å². The molecule has 0 aliphatic heterocycles. The molecule has 4 heteroatoms. The Morgan fingerprint density at radius 1 is 1.35 bits per heavy atom.